The number of nitrogens with one attached hydrogen (secondary N) is 1. The van der Waals surface area contributed by atoms with E-state index < -0.39 is 0 Å². The number of rotatable bonds is 9. The third kappa shape index (κ3) is 5.04. The van der Waals surface area contributed by atoms with Gasteiger partial charge in [0, 0.05) is 41.8 Å². The van der Waals surface area contributed by atoms with Crippen molar-refractivity contribution in [2.24, 2.45) is 0 Å². The number of H-pyrrole nitrogens is 1. The van der Waals surface area contributed by atoms with Crippen molar-refractivity contribution >= 4 is 22.7 Å². The van der Waals surface area contributed by atoms with Gasteiger partial charge in [-0.05, 0) is 48.6 Å². The van der Waals surface area contributed by atoms with Crippen LogP contribution in [0.3, 0.4) is 0 Å². The molecular formula is C29H29N3O2. The molecular weight excluding hydrogens is 422 g/mol. The lowest BCUT2D eigenvalue weighted by atomic mass is 10.1. The first-order valence-electron chi connectivity index (χ1n) is 11.9. The number of hydrogen-bond acceptors (Lipinski definition) is 2. The summed E-state index contributed by atoms with van der Waals surface area (Å²) < 4.78 is 0. The van der Waals surface area contributed by atoms with Gasteiger partial charge >= 0.3 is 0 Å². The molecule has 1 saturated carbocycles. The quantitative estimate of drug-likeness (QED) is 0.387. The molecule has 1 aromatic heterocycles. The Kier molecular flexibility index (Phi) is 6.43. The normalized spacial score (nSPS) is 13.1. The van der Waals surface area contributed by atoms with E-state index in [9.17, 15) is 9.59 Å². The number of amides is 2. The summed E-state index contributed by atoms with van der Waals surface area (Å²) in [5.74, 6) is -0.0763. The lowest BCUT2D eigenvalue weighted by Crippen LogP contribution is -2.44. The highest BCUT2D eigenvalue weighted by Gasteiger charge is 2.35. The molecule has 1 heterocycles. The van der Waals surface area contributed by atoms with E-state index >= 15 is 0 Å². The summed E-state index contributed by atoms with van der Waals surface area (Å²) in [5, 5.41) is 1.19. The van der Waals surface area contributed by atoms with Crippen LogP contribution in [0.1, 0.15) is 34.3 Å². The predicted octanol–water partition coefficient (Wildman–Crippen LogP) is 5.04. The number of carbonyl (C=O) groups excluding carboxylic acids is 2. The van der Waals surface area contributed by atoms with E-state index in [1.54, 1.807) is 4.90 Å². The van der Waals surface area contributed by atoms with Crippen LogP contribution in [0.4, 0.5) is 0 Å². The van der Waals surface area contributed by atoms with Crippen molar-refractivity contribution in [3.63, 3.8) is 0 Å². The number of carbonyl (C=O) groups is 2. The molecule has 5 rings (SSSR count). The van der Waals surface area contributed by atoms with E-state index in [0.717, 1.165) is 30.3 Å². The second kappa shape index (κ2) is 9.96. The van der Waals surface area contributed by atoms with Gasteiger partial charge in [-0.2, -0.15) is 0 Å². The molecule has 3 aromatic carbocycles. The maximum Gasteiger partial charge on any atom is 0.254 e. The maximum absolute atomic E-state index is 13.6. The molecule has 0 radical (unpaired) electrons. The number of fused-ring (bicyclic) bond motifs is 1. The molecule has 0 aliphatic heterocycles. The molecule has 5 nitrogen and oxygen atoms in total. The van der Waals surface area contributed by atoms with Crippen LogP contribution >= 0.6 is 0 Å². The van der Waals surface area contributed by atoms with E-state index in [-0.39, 0.29) is 24.4 Å². The minimum absolute atomic E-state index is 0.0140. The van der Waals surface area contributed by atoms with Gasteiger partial charge in [0.2, 0.25) is 5.91 Å². The zero-order chi connectivity index (χ0) is 23.3. The molecule has 4 aromatic rings. The van der Waals surface area contributed by atoms with Gasteiger partial charge in [0.25, 0.3) is 5.91 Å². The third-order valence-corrected chi connectivity index (χ3v) is 6.47. The number of aromatic nitrogens is 1. The van der Waals surface area contributed by atoms with Gasteiger partial charge in [0.1, 0.15) is 6.54 Å². The molecule has 172 valence electrons. The van der Waals surface area contributed by atoms with Gasteiger partial charge in [-0.25, -0.2) is 0 Å². The molecule has 1 N–H and O–H groups in total. The van der Waals surface area contributed by atoms with Gasteiger partial charge in [0.15, 0.2) is 0 Å². The zero-order valence-electron chi connectivity index (χ0n) is 19.2. The van der Waals surface area contributed by atoms with Gasteiger partial charge in [0.05, 0.1) is 0 Å². The lowest BCUT2D eigenvalue weighted by Gasteiger charge is -2.28. The van der Waals surface area contributed by atoms with Crippen molar-refractivity contribution in [1.82, 2.24) is 14.8 Å². The second-order valence-corrected chi connectivity index (χ2v) is 8.94. The van der Waals surface area contributed by atoms with E-state index in [1.807, 2.05) is 83.9 Å². The van der Waals surface area contributed by atoms with Gasteiger partial charge < -0.3 is 14.8 Å². The highest BCUT2D eigenvalue weighted by molar-refractivity contribution is 5.97. The Morgan fingerprint density at radius 1 is 0.853 bits per heavy atom. The first kappa shape index (κ1) is 22.0. The Bertz CT molecular complexity index is 1260. The molecule has 2 amide bonds. The third-order valence-electron chi connectivity index (χ3n) is 6.47. The molecule has 1 fully saturated rings. The standard InChI is InChI=1S/C29H29N3O2/c33-28(21-32(25-15-16-25)29(34)23-11-5-2-6-12-23)31(20-22-9-3-1-4-10-22)18-17-24-19-30-27-14-8-7-13-26(24)27/h1-14,19,25,30H,15-18,20-21H2. The van der Waals surface area contributed by atoms with Crippen LogP contribution in [0.25, 0.3) is 10.9 Å². The molecule has 0 spiro atoms. The van der Waals surface area contributed by atoms with Crippen LogP contribution < -0.4 is 0 Å². The first-order valence-corrected chi connectivity index (χ1v) is 11.9. The number of benzene rings is 3. The number of para-hydroxylation sites is 1. The fraction of sp³-hybridized carbons (Fsp3) is 0.241. The van der Waals surface area contributed by atoms with Crippen molar-refractivity contribution in [2.45, 2.75) is 31.8 Å². The Morgan fingerprint density at radius 2 is 1.53 bits per heavy atom. The number of hydrogen-bond donors (Lipinski definition) is 1. The summed E-state index contributed by atoms with van der Waals surface area (Å²) in [6.45, 7) is 1.23. The largest absolute Gasteiger partial charge is 0.361 e. The topological polar surface area (TPSA) is 56.4 Å². The molecule has 0 bridgehead atoms. The van der Waals surface area contributed by atoms with Gasteiger partial charge in [-0.15, -0.1) is 0 Å². The summed E-state index contributed by atoms with van der Waals surface area (Å²) >= 11 is 0. The van der Waals surface area contributed by atoms with E-state index in [1.165, 1.54) is 10.9 Å². The van der Waals surface area contributed by atoms with Crippen LogP contribution in [-0.2, 0) is 17.8 Å². The monoisotopic (exact) mass is 451 g/mol. The van der Waals surface area contributed by atoms with Crippen molar-refractivity contribution in [3.8, 4) is 0 Å². The molecule has 5 heteroatoms. The Labute approximate surface area is 200 Å². The SMILES string of the molecule is O=C(CN(C(=O)c1ccccc1)C1CC1)N(CCc1c[nH]c2ccccc12)Cc1ccccc1. The van der Waals surface area contributed by atoms with Crippen molar-refractivity contribution in [3.05, 3.63) is 108 Å². The highest BCUT2D eigenvalue weighted by atomic mass is 16.2. The average Bonchev–Trinajstić information content (AvgIpc) is 3.65. The van der Waals surface area contributed by atoms with Crippen LogP contribution in [0.15, 0.2) is 91.1 Å². The van der Waals surface area contributed by atoms with E-state index in [4.69, 9.17) is 0 Å². The van der Waals surface area contributed by atoms with Gasteiger partial charge in [-0.3, -0.25) is 9.59 Å². The molecule has 0 saturated heterocycles. The van der Waals surface area contributed by atoms with Gasteiger partial charge in [-0.1, -0.05) is 66.7 Å². The molecule has 0 unspecified atom stereocenters. The molecule has 1 aliphatic rings. The summed E-state index contributed by atoms with van der Waals surface area (Å²) in [6, 6.07) is 27.7. The summed E-state index contributed by atoms with van der Waals surface area (Å²) in [5.41, 5.74) is 4.02. The second-order valence-electron chi connectivity index (χ2n) is 8.94. The lowest BCUT2D eigenvalue weighted by molar-refractivity contribution is -0.132. The number of nitrogens with zero attached hydrogens (tertiary/aromatic N) is 2. The Hall–Kier alpha value is -3.86. The highest BCUT2D eigenvalue weighted by Crippen LogP contribution is 2.28. The fourth-order valence-electron chi connectivity index (χ4n) is 4.43. The zero-order valence-corrected chi connectivity index (χ0v) is 19.2. The predicted molar refractivity (Wildman–Crippen MR) is 134 cm³/mol. The van der Waals surface area contributed by atoms with Crippen LogP contribution in [0.5, 0.6) is 0 Å². The van der Waals surface area contributed by atoms with Crippen molar-refractivity contribution in [1.29, 1.82) is 0 Å². The fourth-order valence-corrected chi connectivity index (χ4v) is 4.43. The smallest absolute Gasteiger partial charge is 0.254 e. The van der Waals surface area contributed by atoms with Crippen LogP contribution in [0.2, 0.25) is 0 Å². The maximum atomic E-state index is 13.6. The van der Waals surface area contributed by atoms with Crippen LogP contribution in [-0.4, -0.2) is 45.7 Å². The summed E-state index contributed by atoms with van der Waals surface area (Å²) in [4.78, 5) is 33.7. The summed E-state index contributed by atoms with van der Waals surface area (Å²) in [7, 11) is 0. The average molecular weight is 452 g/mol. The Balaban J connectivity index is 1.34. The van der Waals surface area contributed by atoms with Crippen molar-refractivity contribution in [2.75, 3.05) is 13.1 Å². The van der Waals surface area contributed by atoms with E-state index in [0.29, 0.717) is 18.7 Å². The first-order chi connectivity index (χ1) is 16.7. The van der Waals surface area contributed by atoms with Crippen LogP contribution in [0, 0.1) is 0 Å². The van der Waals surface area contributed by atoms with Crippen molar-refractivity contribution < 1.29 is 9.59 Å². The molecule has 34 heavy (non-hydrogen) atoms. The Morgan fingerprint density at radius 3 is 2.26 bits per heavy atom. The summed E-state index contributed by atoms with van der Waals surface area (Å²) in [6.07, 6.45) is 4.70. The molecule has 1 aliphatic carbocycles. The molecule has 0 atom stereocenters. The number of aromatic amines is 1. The minimum Gasteiger partial charge on any atom is -0.361 e. The van der Waals surface area contributed by atoms with E-state index in [2.05, 4.69) is 17.1 Å². The minimum atomic E-state index is -0.0623.